The molecule has 2 nitrogen and oxygen atoms in total. The van der Waals surface area contributed by atoms with Crippen molar-refractivity contribution >= 4 is 0 Å². The molecule has 0 saturated carbocycles. The molecule has 1 aromatic carbocycles. The number of aliphatic hydroxyl groups excluding tert-OH is 1. The van der Waals surface area contributed by atoms with Crippen molar-refractivity contribution in [1.29, 1.82) is 0 Å². The third kappa shape index (κ3) is 6.26. The van der Waals surface area contributed by atoms with Crippen LogP contribution in [0.25, 0.3) is 0 Å². The zero-order chi connectivity index (χ0) is 10.8. The Labute approximate surface area is 91.9 Å². The van der Waals surface area contributed by atoms with Gasteiger partial charge in [-0.25, -0.2) is 0 Å². The predicted molar refractivity (Wildman–Crippen MR) is 61.3 cm³/mol. The lowest BCUT2D eigenvalue weighted by molar-refractivity contribution is 0.118. The van der Waals surface area contributed by atoms with Gasteiger partial charge in [0.2, 0.25) is 0 Å². The lowest BCUT2D eigenvalue weighted by Crippen LogP contribution is -1.96. The maximum atomic E-state index is 8.56. The van der Waals surface area contributed by atoms with E-state index in [1.54, 1.807) is 0 Å². The van der Waals surface area contributed by atoms with Crippen LogP contribution >= 0.6 is 0 Å². The van der Waals surface area contributed by atoms with Crippen LogP contribution in [0.3, 0.4) is 0 Å². The Hall–Kier alpha value is -0.860. The second-order valence-electron chi connectivity index (χ2n) is 3.48. The number of unbranched alkanes of at least 4 members (excludes halogenated alkanes) is 3. The van der Waals surface area contributed by atoms with Gasteiger partial charge in [0.05, 0.1) is 6.61 Å². The van der Waals surface area contributed by atoms with Gasteiger partial charge in [-0.05, 0) is 31.2 Å². The lowest BCUT2D eigenvalue weighted by Gasteiger charge is -2.03. The van der Waals surface area contributed by atoms with E-state index in [4.69, 9.17) is 9.84 Å². The molecule has 0 aliphatic rings. The van der Waals surface area contributed by atoms with Crippen molar-refractivity contribution in [3.8, 4) is 0 Å². The topological polar surface area (TPSA) is 29.5 Å². The van der Waals surface area contributed by atoms with Crippen LogP contribution in [-0.4, -0.2) is 18.3 Å². The van der Waals surface area contributed by atoms with Gasteiger partial charge in [0.15, 0.2) is 0 Å². The van der Waals surface area contributed by atoms with Gasteiger partial charge in [-0.1, -0.05) is 30.3 Å². The van der Waals surface area contributed by atoms with Crippen LogP contribution < -0.4 is 0 Å². The molecule has 2 heteroatoms. The highest BCUT2D eigenvalue weighted by atomic mass is 16.5. The summed E-state index contributed by atoms with van der Waals surface area (Å²) >= 11 is 0. The summed E-state index contributed by atoms with van der Waals surface area (Å²) in [6.07, 6.45) is 4.95. The van der Waals surface area contributed by atoms with E-state index in [2.05, 4.69) is 18.6 Å². The molecule has 0 aliphatic carbocycles. The van der Waals surface area contributed by atoms with Gasteiger partial charge in [-0.15, -0.1) is 0 Å². The summed E-state index contributed by atoms with van der Waals surface area (Å²) in [5.74, 6) is 0. The molecule has 1 N–H and O–H groups in total. The van der Waals surface area contributed by atoms with Crippen molar-refractivity contribution in [2.45, 2.75) is 25.9 Å². The summed E-state index contributed by atoms with van der Waals surface area (Å²) in [7, 11) is 0. The number of aliphatic hydroxyl groups is 1. The maximum Gasteiger partial charge on any atom is 0.0716 e. The van der Waals surface area contributed by atoms with Crippen molar-refractivity contribution in [2.24, 2.45) is 0 Å². The molecule has 0 unspecified atom stereocenters. The number of benzene rings is 1. The second-order valence-corrected chi connectivity index (χ2v) is 3.48. The minimum atomic E-state index is 0.255. The molecule has 83 valence electrons. The van der Waals surface area contributed by atoms with Crippen molar-refractivity contribution in [3.05, 3.63) is 42.3 Å². The summed E-state index contributed by atoms with van der Waals surface area (Å²) in [6.45, 7) is 1.74. The van der Waals surface area contributed by atoms with E-state index in [0.29, 0.717) is 6.61 Å². The number of ether oxygens (including phenoxy) is 1. The summed E-state index contributed by atoms with van der Waals surface area (Å²) in [5.41, 5.74) is 1.22. The van der Waals surface area contributed by atoms with Crippen LogP contribution in [0, 0.1) is 6.42 Å². The third-order valence-electron chi connectivity index (χ3n) is 2.14. The van der Waals surface area contributed by atoms with Crippen LogP contribution in [0.4, 0.5) is 0 Å². The fourth-order valence-electron chi connectivity index (χ4n) is 1.33. The minimum Gasteiger partial charge on any atom is -0.396 e. The Morgan fingerprint density at radius 2 is 1.93 bits per heavy atom. The molecule has 0 spiro atoms. The first-order valence-corrected chi connectivity index (χ1v) is 5.47. The molecule has 0 amide bonds. The van der Waals surface area contributed by atoms with Gasteiger partial charge in [-0.3, -0.25) is 0 Å². The molecule has 0 fully saturated rings. The quantitative estimate of drug-likeness (QED) is 0.664. The average molecular weight is 207 g/mol. The SMILES string of the molecule is OCC[CH]CCCOCc1ccccc1. The molecular weight excluding hydrogens is 188 g/mol. The van der Waals surface area contributed by atoms with E-state index in [1.807, 2.05) is 18.2 Å². The van der Waals surface area contributed by atoms with E-state index in [0.717, 1.165) is 25.9 Å². The van der Waals surface area contributed by atoms with Crippen molar-refractivity contribution < 1.29 is 9.84 Å². The molecule has 0 saturated heterocycles. The van der Waals surface area contributed by atoms with E-state index >= 15 is 0 Å². The molecular formula is C13H19O2. The molecule has 1 aromatic rings. The fourth-order valence-corrected chi connectivity index (χ4v) is 1.33. The van der Waals surface area contributed by atoms with Crippen LogP contribution in [0.15, 0.2) is 30.3 Å². The molecule has 0 aromatic heterocycles. The summed E-state index contributed by atoms with van der Waals surface area (Å²) in [5, 5.41) is 8.56. The first-order valence-electron chi connectivity index (χ1n) is 5.47. The zero-order valence-corrected chi connectivity index (χ0v) is 9.06. The largest absolute Gasteiger partial charge is 0.396 e. The monoisotopic (exact) mass is 207 g/mol. The molecule has 0 heterocycles. The van der Waals surface area contributed by atoms with E-state index in [1.165, 1.54) is 5.56 Å². The highest BCUT2D eigenvalue weighted by Crippen LogP contribution is 2.02. The fraction of sp³-hybridized carbons (Fsp3) is 0.462. The third-order valence-corrected chi connectivity index (χ3v) is 2.14. The van der Waals surface area contributed by atoms with Crippen LogP contribution in [0.2, 0.25) is 0 Å². The van der Waals surface area contributed by atoms with Crippen molar-refractivity contribution in [1.82, 2.24) is 0 Å². The second kappa shape index (κ2) is 8.45. The first kappa shape index (κ1) is 12.2. The number of rotatable bonds is 8. The van der Waals surface area contributed by atoms with Crippen molar-refractivity contribution in [2.75, 3.05) is 13.2 Å². The van der Waals surface area contributed by atoms with E-state index < -0.39 is 0 Å². The Morgan fingerprint density at radius 3 is 2.67 bits per heavy atom. The average Bonchev–Trinajstić information content (AvgIpc) is 2.29. The van der Waals surface area contributed by atoms with Gasteiger partial charge >= 0.3 is 0 Å². The Bertz CT molecular complexity index is 234. The summed E-state index contributed by atoms with van der Waals surface area (Å²) in [6, 6.07) is 10.2. The Kier molecular flexibility index (Phi) is 6.88. The normalized spacial score (nSPS) is 10.5. The Morgan fingerprint density at radius 1 is 1.13 bits per heavy atom. The number of hydrogen-bond donors (Lipinski definition) is 1. The molecule has 15 heavy (non-hydrogen) atoms. The smallest absolute Gasteiger partial charge is 0.0716 e. The highest BCUT2D eigenvalue weighted by molar-refractivity contribution is 5.13. The Balaban J connectivity index is 1.93. The van der Waals surface area contributed by atoms with Gasteiger partial charge in [-0.2, -0.15) is 0 Å². The van der Waals surface area contributed by atoms with Gasteiger partial charge in [0.25, 0.3) is 0 Å². The first-order chi connectivity index (χ1) is 7.43. The highest BCUT2D eigenvalue weighted by Gasteiger charge is 1.92. The molecule has 0 atom stereocenters. The van der Waals surface area contributed by atoms with Crippen LogP contribution in [0.5, 0.6) is 0 Å². The summed E-state index contributed by atoms with van der Waals surface area (Å²) < 4.78 is 5.52. The molecule has 0 aliphatic heterocycles. The van der Waals surface area contributed by atoms with Crippen molar-refractivity contribution in [3.63, 3.8) is 0 Å². The molecule has 1 radical (unpaired) electrons. The lowest BCUT2D eigenvalue weighted by atomic mass is 10.2. The molecule has 1 rings (SSSR count). The number of hydrogen-bond acceptors (Lipinski definition) is 2. The predicted octanol–water partition coefficient (Wildman–Crippen LogP) is 2.57. The van der Waals surface area contributed by atoms with Gasteiger partial charge in [0.1, 0.15) is 0 Å². The van der Waals surface area contributed by atoms with E-state index in [-0.39, 0.29) is 6.61 Å². The zero-order valence-electron chi connectivity index (χ0n) is 9.06. The van der Waals surface area contributed by atoms with Gasteiger partial charge < -0.3 is 9.84 Å². The minimum absolute atomic E-state index is 0.255. The van der Waals surface area contributed by atoms with E-state index in [9.17, 15) is 0 Å². The maximum absolute atomic E-state index is 8.56. The summed E-state index contributed by atoms with van der Waals surface area (Å²) in [4.78, 5) is 0. The van der Waals surface area contributed by atoms with Crippen LogP contribution in [0.1, 0.15) is 24.8 Å². The van der Waals surface area contributed by atoms with Gasteiger partial charge in [0, 0.05) is 13.2 Å². The van der Waals surface area contributed by atoms with Crippen LogP contribution in [-0.2, 0) is 11.3 Å². The standard InChI is InChI=1S/C13H19O2/c14-10-6-1-2-7-11-15-12-13-8-4-3-5-9-13/h1,3-5,8-9,14H,2,6-7,10-12H2. The molecule has 0 bridgehead atoms.